The molecular formula is C21H24O5S. The standard InChI is InChI=1S/C21H24O5S/c1-14(2)7-12-18-16(4)13-19(24-5)21(25-6)20(18)26-27(22,23)17-10-8-15(3)9-11-17/h1,7-11,13H,12H2,2-6H3/b14-7-. The topological polar surface area (TPSA) is 61.8 Å². The maximum absolute atomic E-state index is 12.8. The lowest BCUT2D eigenvalue weighted by Crippen LogP contribution is -2.13. The van der Waals surface area contributed by atoms with Crippen LogP contribution in [-0.4, -0.2) is 22.6 Å². The van der Waals surface area contributed by atoms with Crippen LogP contribution in [0.25, 0.3) is 0 Å². The lowest BCUT2D eigenvalue weighted by atomic mass is 10.0. The Kier molecular flexibility index (Phi) is 6.54. The second-order valence-corrected chi connectivity index (χ2v) is 7.79. The Morgan fingerprint density at radius 3 is 2.22 bits per heavy atom. The molecule has 2 aromatic carbocycles. The summed E-state index contributed by atoms with van der Waals surface area (Å²) in [7, 11) is -1.13. The van der Waals surface area contributed by atoms with Gasteiger partial charge in [0.05, 0.1) is 14.2 Å². The van der Waals surface area contributed by atoms with E-state index in [4.69, 9.17) is 20.6 Å². The van der Waals surface area contributed by atoms with Crippen LogP contribution >= 0.6 is 0 Å². The molecule has 5 nitrogen and oxygen atoms in total. The number of aryl methyl sites for hydroxylation is 2. The molecular weight excluding hydrogens is 364 g/mol. The van der Waals surface area contributed by atoms with Crippen molar-refractivity contribution in [3.05, 3.63) is 65.6 Å². The van der Waals surface area contributed by atoms with Crippen molar-refractivity contribution in [3.8, 4) is 17.2 Å². The van der Waals surface area contributed by atoms with E-state index in [1.54, 1.807) is 31.2 Å². The smallest absolute Gasteiger partial charge is 0.339 e. The quantitative estimate of drug-likeness (QED) is 0.662. The molecule has 0 saturated carbocycles. The van der Waals surface area contributed by atoms with E-state index in [-0.39, 0.29) is 16.4 Å². The van der Waals surface area contributed by atoms with Gasteiger partial charge in [-0.15, -0.1) is 0 Å². The molecule has 0 fully saturated rings. The molecule has 144 valence electrons. The third-order valence-electron chi connectivity index (χ3n) is 4.08. The van der Waals surface area contributed by atoms with Gasteiger partial charge in [-0.05, 0) is 57.9 Å². The van der Waals surface area contributed by atoms with Crippen LogP contribution in [0.3, 0.4) is 0 Å². The van der Waals surface area contributed by atoms with E-state index < -0.39 is 10.1 Å². The average molecular weight is 388 g/mol. The second-order valence-electron chi connectivity index (χ2n) is 6.24. The molecule has 0 aliphatic heterocycles. The molecule has 27 heavy (non-hydrogen) atoms. The van der Waals surface area contributed by atoms with Crippen LogP contribution in [0.4, 0.5) is 0 Å². The first-order chi connectivity index (χ1) is 12.7. The molecule has 0 unspecified atom stereocenters. The fourth-order valence-electron chi connectivity index (χ4n) is 2.59. The van der Waals surface area contributed by atoms with Crippen molar-refractivity contribution < 1.29 is 22.1 Å². The number of rotatable bonds is 7. The van der Waals surface area contributed by atoms with Crippen molar-refractivity contribution in [1.82, 2.24) is 0 Å². The molecule has 0 amide bonds. The zero-order valence-corrected chi connectivity index (χ0v) is 17.0. The Morgan fingerprint density at radius 2 is 1.70 bits per heavy atom. The summed E-state index contributed by atoms with van der Waals surface area (Å²) in [5, 5.41) is 0. The maximum atomic E-state index is 12.8. The summed E-state index contributed by atoms with van der Waals surface area (Å²) in [6.07, 6.45) is 2.19. The van der Waals surface area contributed by atoms with Gasteiger partial charge >= 0.3 is 10.1 Å². The van der Waals surface area contributed by atoms with Gasteiger partial charge in [0, 0.05) is 5.56 Å². The molecule has 0 bridgehead atoms. The first kappa shape index (κ1) is 20.8. The van der Waals surface area contributed by atoms with Crippen LogP contribution in [0.2, 0.25) is 0 Å². The number of allylic oxidation sites excluding steroid dienone is 2. The van der Waals surface area contributed by atoms with Gasteiger partial charge in [-0.25, -0.2) is 0 Å². The Balaban J connectivity index is 2.62. The predicted octanol–water partition coefficient (Wildman–Crippen LogP) is 4.29. The van der Waals surface area contributed by atoms with Crippen molar-refractivity contribution >= 4 is 10.1 Å². The zero-order chi connectivity index (χ0) is 20.2. The van der Waals surface area contributed by atoms with Gasteiger partial charge < -0.3 is 13.7 Å². The van der Waals surface area contributed by atoms with Crippen molar-refractivity contribution in [1.29, 1.82) is 0 Å². The van der Waals surface area contributed by atoms with Gasteiger partial charge in [-0.1, -0.05) is 29.3 Å². The van der Waals surface area contributed by atoms with Gasteiger partial charge in [0.25, 0.3) is 0 Å². The largest absolute Gasteiger partial charge is 0.493 e. The monoisotopic (exact) mass is 388 g/mol. The molecule has 0 aromatic heterocycles. The summed E-state index contributed by atoms with van der Waals surface area (Å²) in [6.45, 7) is 11.2. The highest BCUT2D eigenvalue weighted by Gasteiger charge is 2.25. The van der Waals surface area contributed by atoms with Gasteiger partial charge in [-0.2, -0.15) is 8.42 Å². The molecule has 0 saturated heterocycles. The van der Waals surface area contributed by atoms with Crippen LogP contribution in [-0.2, 0) is 16.5 Å². The number of hydrogen-bond acceptors (Lipinski definition) is 5. The number of methoxy groups -OCH3 is 2. The lowest BCUT2D eigenvalue weighted by molar-refractivity contribution is 0.341. The zero-order valence-electron chi connectivity index (χ0n) is 16.2. The molecule has 2 aromatic rings. The second kappa shape index (κ2) is 8.48. The molecule has 2 radical (unpaired) electrons. The van der Waals surface area contributed by atoms with E-state index in [0.717, 1.165) is 11.1 Å². The van der Waals surface area contributed by atoms with E-state index in [1.807, 2.05) is 13.8 Å². The molecule has 6 heteroatoms. The van der Waals surface area contributed by atoms with Crippen LogP contribution in [0.1, 0.15) is 23.6 Å². The highest BCUT2D eigenvalue weighted by molar-refractivity contribution is 7.87. The summed E-state index contributed by atoms with van der Waals surface area (Å²) in [6, 6.07) is 8.22. The number of hydrogen-bond donors (Lipinski definition) is 0. The third kappa shape index (κ3) is 4.83. The minimum absolute atomic E-state index is 0.0622. The Labute approximate surface area is 161 Å². The minimum atomic E-state index is -4.05. The molecule has 0 N–H and O–H groups in total. The van der Waals surface area contributed by atoms with Crippen molar-refractivity contribution in [2.45, 2.75) is 32.1 Å². The Hall–Kier alpha value is -2.47. The molecule has 0 aliphatic rings. The summed E-state index contributed by atoms with van der Waals surface area (Å²) in [5.41, 5.74) is 3.04. The predicted molar refractivity (Wildman–Crippen MR) is 105 cm³/mol. The lowest BCUT2D eigenvalue weighted by Gasteiger charge is -2.19. The van der Waals surface area contributed by atoms with Crippen LogP contribution in [0.15, 0.2) is 46.9 Å². The summed E-state index contributed by atoms with van der Waals surface area (Å²) in [4.78, 5) is 0.0622. The number of benzene rings is 2. The molecule has 2 rings (SSSR count). The fourth-order valence-corrected chi connectivity index (χ4v) is 3.55. The Bertz CT molecular complexity index is 938. The van der Waals surface area contributed by atoms with Crippen LogP contribution in [0, 0.1) is 20.8 Å². The summed E-state index contributed by atoms with van der Waals surface area (Å²) in [5.74, 6) is 0.714. The van der Waals surface area contributed by atoms with E-state index in [2.05, 4.69) is 0 Å². The van der Waals surface area contributed by atoms with Crippen molar-refractivity contribution in [2.24, 2.45) is 0 Å². The van der Waals surface area contributed by atoms with Crippen molar-refractivity contribution in [3.63, 3.8) is 0 Å². The first-order valence-electron chi connectivity index (χ1n) is 8.37. The summed E-state index contributed by atoms with van der Waals surface area (Å²) < 4.78 is 41.9. The fraction of sp³-hybridized carbons (Fsp3) is 0.286. The van der Waals surface area contributed by atoms with E-state index in [0.29, 0.717) is 23.3 Å². The molecule has 0 spiro atoms. The van der Waals surface area contributed by atoms with Gasteiger partial charge in [0.1, 0.15) is 4.90 Å². The van der Waals surface area contributed by atoms with E-state index >= 15 is 0 Å². The van der Waals surface area contributed by atoms with Gasteiger partial charge in [-0.3, -0.25) is 0 Å². The Morgan fingerprint density at radius 1 is 1.07 bits per heavy atom. The normalized spacial score (nSPS) is 12.0. The maximum Gasteiger partial charge on any atom is 0.339 e. The average Bonchev–Trinajstić information content (AvgIpc) is 2.60. The molecule has 0 heterocycles. The van der Waals surface area contributed by atoms with Crippen LogP contribution in [0.5, 0.6) is 17.2 Å². The first-order valence-corrected chi connectivity index (χ1v) is 9.78. The van der Waals surface area contributed by atoms with Crippen molar-refractivity contribution in [2.75, 3.05) is 14.2 Å². The van der Waals surface area contributed by atoms with E-state index in [9.17, 15) is 8.42 Å². The highest BCUT2D eigenvalue weighted by Crippen LogP contribution is 2.43. The minimum Gasteiger partial charge on any atom is -0.493 e. The van der Waals surface area contributed by atoms with Crippen LogP contribution < -0.4 is 13.7 Å². The third-order valence-corrected chi connectivity index (χ3v) is 5.32. The highest BCUT2D eigenvalue weighted by atomic mass is 32.2. The summed E-state index contributed by atoms with van der Waals surface area (Å²) >= 11 is 0. The molecule has 0 aliphatic carbocycles. The molecule has 0 atom stereocenters. The van der Waals surface area contributed by atoms with Gasteiger partial charge in [0.2, 0.25) is 5.75 Å². The van der Waals surface area contributed by atoms with E-state index in [1.165, 1.54) is 26.4 Å². The SMILES string of the molecule is [CH]/C(C)=C/Cc1c(C)cc(OC)c(OC)c1OS(=O)(=O)c1ccc(C)cc1. The number of ether oxygens (including phenoxy) is 2. The van der Waals surface area contributed by atoms with Gasteiger partial charge in [0.15, 0.2) is 11.5 Å².